The quantitative estimate of drug-likeness (QED) is 0.804. The Morgan fingerprint density at radius 1 is 1.50 bits per heavy atom. The normalized spacial score (nSPS) is 11.2. The van der Waals surface area contributed by atoms with Gasteiger partial charge in [-0.25, -0.2) is 0 Å². The van der Waals surface area contributed by atoms with E-state index in [9.17, 15) is 9.90 Å². The third kappa shape index (κ3) is 3.24. The molecule has 4 nitrogen and oxygen atoms in total. The molecule has 0 unspecified atom stereocenters. The molecule has 0 aliphatic heterocycles. The van der Waals surface area contributed by atoms with Gasteiger partial charge in [0.1, 0.15) is 5.75 Å². The summed E-state index contributed by atoms with van der Waals surface area (Å²) in [5, 5.41) is 9.30. The number of hydrogen-bond acceptors (Lipinski definition) is 3. The van der Waals surface area contributed by atoms with Crippen molar-refractivity contribution >= 4 is 5.91 Å². The Hall–Kier alpha value is -1.55. The minimum Gasteiger partial charge on any atom is -0.508 e. The molecule has 0 aliphatic carbocycles. The molecule has 0 saturated carbocycles. The minimum atomic E-state index is -0.869. The fourth-order valence-corrected chi connectivity index (χ4v) is 1.49. The Bertz CT molecular complexity index is 383. The lowest BCUT2D eigenvalue weighted by Crippen LogP contribution is -2.49. The van der Waals surface area contributed by atoms with Gasteiger partial charge in [0.15, 0.2) is 0 Å². The van der Waals surface area contributed by atoms with Crippen LogP contribution in [-0.2, 0) is 11.3 Å². The minimum absolute atomic E-state index is 0.129. The van der Waals surface area contributed by atoms with Gasteiger partial charge in [0.25, 0.3) is 0 Å². The van der Waals surface area contributed by atoms with Crippen molar-refractivity contribution < 1.29 is 9.90 Å². The maximum absolute atomic E-state index is 11.8. The highest BCUT2D eigenvalue weighted by Gasteiger charge is 2.25. The number of aromatic hydroxyl groups is 1. The molecular formula is C12H18N2O2. The number of amides is 1. The van der Waals surface area contributed by atoms with E-state index in [0.29, 0.717) is 6.54 Å². The van der Waals surface area contributed by atoms with Gasteiger partial charge in [0, 0.05) is 13.6 Å². The first-order chi connectivity index (χ1) is 7.30. The van der Waals surface area contributed by atoms with Crippen LogP contribution in [0.15, 0.2) is 24.3 Å². The molecule has 0 aliphatic rings. The van der Waals surface area contributed by atoms with Crippen molar-refractivity contribution in [3.63, 3.8) is 0 Å². The van der Waals surface area contributed by atoms with Crippen molar-refractivity contribution in [2.75, 3.05) is 7.05 Å². The van der Waals surface area contributed by atoms with Gasteiger partial charge in [-0.05, 0) is 31.5 Å². The van der Waals surface area contributed by atoms with Gasteiger partial charge in [0.2, 0.25) is 5.91 Å². The first-order valence-electron chi connectivity index (χ1n) is 5.13. The standard InChI is InChI=1S/C12H18N2O2/c1-12(2,13)11(16)14(3)8-9-5-4-6-10(15)7-9/h4-7,15H,8,13H2,1-3H3. The van der Waals surface area contributed by atoms with Gasteiger partial charge in [0.05, 0.1) is 5.54 Å². The summed E-state index contributed by atoms with van der Waals surface area (Å²) in [5.74, 6) is 0.0706. The molecule has 0 aromatic heterocycles. The first kappa shape index (κ1) is 12.5. The summed E-state index contributed by atoms with van der Waals surface area (Å²) in [5.41, 5.74) is 5.73. The van der Waals surface area contributed by atoms with Gasteiger partial charge in [-0.15, -0.1) is 0 Å². The maximum Gasteiger partial charge on any atom is 0.242 e. The lowest BCUT2D eigenvalue weighted by atomic mass is 10.1. The second kappa shape index (κ2) is 4.53. The fourth-order valence-electron chi connectivity index (χ4n) is 1.49. The highest BCUT2D eigenvalue weighted by molar-refractivity contribution is 5.84. The Morgan fingerprint density at radius 3 is 2.62 bits per heavy atom. The van der Waals surface area contributed by atoms with E-state index in [1.54, 1.807) is 44.0 Å². The monoisotopic (exact) mass is 222 g/mol. The zero-order valence-corrected chi connectivity index (χ0v) is 9.90. The summed E-state index contributed by atoms with van der Waals surface area (Å²) in [6, 6.07) is 6.83. The number of nitrogens with zero attached hydrogens (tertiary/aromatic N) is 1. The number of phenolic OH excluding ortho intramolecular Hbond substituents is 1. The summed E-state index contributed by atoms with van der Waals surface area (Å²) < 4.78 is 0. The van der Waals surface area contributed by atoms with Crippen molar-refractivity contribution in [3.05, 3.63) is 29.8 Å². The third-order valence-electron chi connectivity index (χ3n) is 2.23. The lowest BCUT2D eigenvalue weighted by Gasteiger charge is -2.25. The molecule has 0 atom stereocenters. The smallest absolute Gasteiger partial charge is 0.242 e. The fraction of sp³-hybridized carbons (Fsp3) is 0.417. The van der Waals surface area contributed by atoms with Crippen molar-refractivity contribution in [3.8, 4) is 5.75 Å². The lowest BCUT2D eigenvalue weighted by molar-refractivity contribution is -0.135. The van der Waals surface area contributed by atoms with Crippen LogP contribution in [0.2, 0.25) is 0 Å². The van der Waals surface area contributed by atoms with Crippen LogP contribution < -0.4 is 5.73 Å². The van der Waals surface area contributed by atoms with Crippen LogP contribution in [0.1, 0.15) is 19.4 Å². The van der Waals surface area contributed by atoms with Crippen LogP contribution in [0.4, 0.5) is 0 Å². The molecule has 1 aromatic rings. The van der Waals surface area contributed by atoms with E-state index in [1.807, 2.05) is 6.07 Å². The van der Waals surface area contributed by atoms with Crippen LogP contribution in [0.25, 0.3) is 0 Å². The first-order valence-corrected chi connectivity index (χ1v) is 5.13. The summed E-state index contributed by atoms with van der Waals surface area (Å²) in [6.07, 6.45) is 0. The van der Waals surface area contributed by atoms with Gasteiger partial charge in [-0.3, -0.25) is 4.79 Å². The molecule has 4 heteroatoms. The number of hydrogen-bond donors (Lipinski definition) is 2. The number of likely N-dealkylation sites (N-methyl/N-ethyl adjacent to an activating group) is 1. The van der Waals surface area contributed by atoms with E-state index >= 15 is 0 Å². The number of benzene rings is 1. The Kier molecular flexibility index (Phi) is 3.55. The van der Waals surface area contributed by atoms with E-state index < -0.39 is 5.54 Å². The molecule has 0 spiro atoms. The number of phenols is 1. The molecule has 0 saturated heterocycles. The SMILES string of the molecule is CN(Cc1cccc(O)c1)C(=O)C(C)(C)N. The van der Waals surface area contributed by atoms with Gasteiger partial charge in [-0.1, -0.05) is 12.1 Å². The molecule has 88 valence electrons. The van der Waals surface area contributed by atoms with Gasteiger partial charge < -0.3 is 15.7 Å². The molecule has 1 aromatic carbocycles. The van der Waals surface area contributed by atoms with E-state index in [-0.39, 0.29) is 11.7 Å². The summed E-state index contributed by atoms with van der Waals surface area (Å²) in [6.45, 7) is 3.79. The van der Waals surface area contributed by atoms with E-state index in [1.165, 1.54) is 0 Å². The summed E-state index contributed by atoms with van der Waals surface area (Å²) in [4.78, 5) is 13.3. The molecule has 3 N–H and O–H groups in total. The number of carbonyl (C=O) groups excluding carboxylic acids is 1. The van der Waals surface area contributed by atoms with Crippen molar-refractivity contribution in [1.82, 2.24) is 4.90 Å². The number of rotatable bonds is 3. The Labute approximate surface area is 95.7 Å². The van der Waals surface area contributed by atoms with E-state index in [4.69, 9.17) is 5.73 Å². The van der Waals surface area contributed by atoms with Crippen molar-refractivity contribution in [2.45, 2.75) is 25.9 Å². The average molecular weight is 222 g/mol. The van der Waals surface area contributed by atoms with Crippen LogP contribution in [0.3, 0.4) is 0 Å². The third-order valence-corrected chi connectivity index (χ3v) is 2.23. The largest absolute Gasteiger partial charge is 0.508 e. The predicted molar refractivity (Wildman–Crippen MR) is 62.8 cm³/mol. The molecule has 1 rings (SSSR count). The molecular weight excluding hydrogens is 204 g/mol. The highest BCUT2D eigenvalue weighted by atomic mass is 16.3. The molecule has 0 heterocycles. The van der Waals surface area contributed by atoms with Crippen LogP contribution in [0.5, 0.6) is 5.75 Å². The van der Waals surface area contributed by atoms with Gasteiger partial charge >= 0.3 is 0 Å². The summed E-state index contributed by atoms with van der Waals surface area (Å²) >= 11 is 0. The number of carbonyl (C=O) groups is 1. The van der Waals surface area contributed by atoms with E-state index in [2.05, 4.69) is 0 Å². The second-order valence-electron chi connectivity index (χ2n) is 4.55. The zero-order chi connectivity index (χ0) is 12.3. The van der Waals surface area contributed by atoms with Crippen LogP contribution in [-0.4, -0.2) is 28.5 Å². The molecule has 1 amide bonds. The Balaban J connectivity index is 2.72. The van der Waals surface area contributed by atoms with Crippen molar-refractivity contribution in [2.24, 2.45) is 5.73 Å². The molecule has 0 fully saturated rings. The zero-order valence-electron chi connectivity index (χ0n) is 9.90. The molecule has 0 bridgehead atoms. The highest BCUT2D eigenvalue weighted by Crippen LogP contribution is 2.13. The molecule has 16 heavy (non-hydrogen) atoms. The molecule has 0 radical (unpaired) electrons. The summed E-state index contributed by atoms with van der Waals surface area (Å²) in [7, 11) is 1.70. The van der Waals surface area contributed by atoms with E-state index in [0.717, 1.165) is 5.56 Å². The topological polar surface area (TPSA) is 66.6 Å². The number of nitrogens with two attached hydrogens (primary N) is 1. The van der Waals surface area contributed by atoms with Crippen LogP contribution >= 0.6 is 0 Å². The maximum atomic E-state index is 11.8. The van der Waals surface area contributed by atoms with Crippen molar-refractivity contribution in [1.29, 1.82) is 0 Å². The Morgan fingerprint density at radius 2 is 2.12 bits per heavy atom. The predicted octanol–water partition coefficient (Wildman–Crippen LogP) is 1.09. The average Bonchev–Trinajstić information content (AvgIpc) is 2.15. The second-order valence-corrected chi connectivity index (χ2v) is 4.55. The van der Waals surface area contributed by atoms with Crippen LogP contribution in [0, 0.1) is 0 Å². The van der Waals surface area contributed by atoms with Gasteiger partial charge in [-0.2, -0.15) is 0 Å².